The predicted molar refractivity (Wildman–Crippen MR) is 113 cm³/mol. The lowest BCUT2D eigenvalue weighted by Gasteiger charge is -2.34. The molecule has 0 bridgehead atoms. The molecule has 3 heterocycles. The van der Waals surface area contributed by atoms with Gasteiger partial charge in [0.05, 0.1) is 11.3 Å². The number of aryl methyl sites for hydroxylation is 1. The van der Waals surface area contributed by atoms with Crippen LogP contribution in [0.4, 0.5) is 13.2 Å². The van der Waals surface area contributed by atoms with E-state index >= 15 is 0 Å². The number of thiophene rings is 1. The number of carbonyl (C=O) groups is 2. The summed E-state index contributed by atoms with van der Waals surface area (Å²) in [6.07, 6.45) is -4.44. The average Bonchev–Trinajstić information content (AvgIpc) is 3.42. The Kier molecular flexibility index (Phi) is 5.85. The van der Waals surface area contributed by atoms with E-state index in [4.69, 9.17) is 0 Å². The summed E-state index contributed by atoms with van der Waals surface area (Å²) in [6.45, 7) is 3.17. The second-order valence-electron chi connectivity index (χ2n) is 7.11. The molecule has 0 radical (unpaired) electrons. The second kappa shape index (κ2) is 8.43. The fourth-order valence-corrected chi connectivity index (χ4v) is 5.09. The van der Waals surface area contributed by atoms with E-state index < -0.39 is 11.7 Å². The normalized spacial score (nSPS) is 14.7. The zero-order valence-electron chi connectivity index (χ0n) is 16.5. The molecule has 0 aliphatic carbocycles. The number of thiazole rings is 1. The van der Waals surface area contributed by atoms with Crippen LogP contribution in [0.5, 0.6) is 0 Å². The van der Waals surface area contributed by atoms with Gasteiger partial charge >= 0.3 is 6.18 Å². The Hall–Kier alpha value is -2.72. The zero-order chi connectivity index (χ0) is 22.2. The lowest BCUT2D eigenvalue weighted by atomic mass is 10.1. The van der Waals surface area contributed by atoms with E-state index in [-0.39, 0.29) is 17.4 Å². The first-order chi connectivity index (χ1) is 14.7. The first-order valence-corrected chi connectivity index (χ1v) is 11.3. The maximum Gasteiger partial charge on any atom is 0.416 e. The number of halogens is 3. The summed E-state index contributed by atoms with van der Waals surface area (Å²) in [5, 5.41) is 4.75. The molecule has 1 aliphatic heterocycles. The number of hydrogen-bond donors (Lipinski definition) is 0. The molecule has 0 saturated carbocycles. The molecule has 10 heteroatoms. The molecule has 1 aromatic carbocycles. The maximum absolute atomic E-state index is 13.0. The smallest absolute Gasteiger partial charge is 0.335 e. The Morgan fingerprint density at radius 2 is 1.58 bits per heavy atom. The van der Waals surface area contributed by atoms with Gasteiger partial charge in [-0.15, -0.1) is 11.3 Å². The summed E-state index contributed by atoms with van der Waals surface area (Å²) in [7, 11) is 0. The van der Waals surface area contributed by atoms with Crippen molar-refractivity contribution >= 4 is 34.5 Å². The highest BCUT2D eigenvalue weighted by Crippen LogP contribution is 2.31. The minimum atomic E-state index is -4.44. The predicted octanol–water partition coefficient (Wildman–Crippen LogP) is 4.80. The average molecular weight is 466 g/mol. The van der Waals surface area contributed by atoms with Crippen molar-refractivity contribution in [1.29, 1.82) is 0 Å². The first-order valence-electron chi connectivity index (χ1n) is 9.50. The van der Waals surface area contributed by atoms with Crippen molar-refractivity contribution in [3.05, 3.63) is 62.8 Å². The summed E-state index contributed by atoms with van der Waals surface area (Å²) < 4.78 is 38.1. The van der Waals surface area contributed by atoms with E-state index in [0.717, 1.165) is 22.7 Å². The van der Waals surface area contributed by atoms with Gasteiger partial charge in [0.1, 0.15) is 9.88 Å². The van der Waals surface area contributed by atoms with Crippen LogP contribution in [0.15, 0.2) is 41.1 Å². The standard InChI is InChI=1S/C21H18F3N3O2S2/c1-13-17(31-18(25-13)15-6-11-30-12-15)20(29)27-9-7-26(8-10-27)19(28)14-2-4-16(5-3-14)21(22,23)24/h2-6,11-12H,7-10H2,1H3. The van der Waals surface area contributed by atoms with Crippen molar-refractivity contribution < 1.29 is 22.8 Å². The minimum absolute atomic E-state index is 0.113. The Balaban J connectivity index is 1.39. The van der Waals surface area contributed by atoms with Gasteiger partial charge in [-0.05, 0) is 42.6 Å². The Labute approximate surface area is 184 Å². The summed E-state index contributed by atoms with van der Waals surface area (Å²) in [4.78, 5) is 33.9. The molecule has 1 saturated heterocycles. The SMILES string of the molecule is Cc1nc(-c2ccsc2)sc1C(=O)N1CCN(C(=O)c2ccc(C(F)(F)F)cc2)CC1. The van der Waals surface area contributed by atoms with Crippen molar-refractivity contribution in [2.24, 2.45) is 0 Å². The summed E-state index contributed by atoms with van der Waals surface area (Å²) in [5.41, 5.74) is 1.08. The second-order valence-corrected chi connectivity index (χ2v) is 8.88. The van der Waals surface area contributed by atoms with Gasteiger partial charge in [0, 0.05) is 42.7 Å². The van der Waals surface area contributed by atoms with Crippen LogP contribution in [0.25, 0.3) is 10.6 Å². The Bertz CT molecular complexity index is 1080. The number of rotatable bonds is 3. The molecule has 1 fully saturated rings. The third kappa shape index (κ3) is 4.49. The van der Waals surface area contributed by atoms with Gasteiger partial charge in [-0.3, -0.25) is 9.59 Å². The van der Waals surface area contributed by atoms with Gasteiger partial charge in [0.25, 0.3) is 11.8 Å². The van der Waals surface area contributed by atoms with Crippen molar-refractivity contribution in [3.63, 3.8) is 0 Å². The molecule has 1 aliphatic rings. The number of carbonyl (C=O) groups excluding carboxylic acids is 2. The van der Waals surface area contributed by atoms with E-state index in [2.05, 4.69) is 4.98 Å². The van der Waals surface area contributed by atoms with E-state index in [9.17, 15) is 22.8 Å². The zero-order valence-corrected chi connectivity index (χ0v) is 18.1. The molecule has 31 heavy (non-hydrogen) atoms. The molecule has 0 atom stereocenters. The summed E-state index contributed by atoms with van der Waals surface area (Å²) in [6, 6.07) is 6.16. The minimum Gasteiger partial charge on any atom is -0.335 e. The number of piperazine rings is 1. The van der Waals surface area contributed by atoms with Crippen molar-refractivity contribution in [3.8, 4) is 10.6 Å². The largest absolute Gasteiger partial charge is 0.416 e. The molecule has 5 nitrogen and oxygen atoms in total. The van der Waals surface area contributed by atoms with Gasteiger partial charge in [-0.2, -0.15) is 24.5 Å². The van der Waals surface area contributed by atoms with Crippen molar-refractivity contribution in [2.75, 3.05) is 26.2 Å². The summed E-state index contributed by atoms with van der Waals surface area (Å²) >= 11 is 2.93. The molecule has 3 aromatic rings. The number of amides is 2. The maximum atomic E-state index is 13.0. The molecule has 2 amide bonds. The fraction of sp³-hybridized carbons (Fsp3) is 0.286. The van der Waals surface area contributed by atoms with Gasteiger partial charge in [0.2, 0.25) is 0 Å². The molecule has 162 valence electrons. The number of alkyl halides is 3. The monoisotopic (exact) mass is 465 g/mol. The number of benzene rings is 1. The first kappa shape index (κ1) is 21.5. The van der Waals surface area contributed by atoms with Crippen LogP contribution in [-0.4, -0.2) is 52.8 Å². The molecular formula is C21H18F3N3O2S2. The molecule has 2 aromatic heterocycles. The number of nitrogens with zero attached hydrogens (tertiary/aromatic N) is 3. The molecule has 0 unspecified atom stereocenters. The fourth-order valence-electron chi connectivity index (χ4n) is 3.35. The van der Waals surface area contributed by atoms with Crippen LogP contribution < -0.4 is 0 Å². The van der Waals surface area contributed by atoms with E-state index in [1.54, 1.807) is 21.1 Å². The van der Waals surface area contributed by atoms with Gasteiger partial charge in [-0.1, -0.05) is 0 Å². The third-order valence-electron chi connectivity index (χ3n) is 5.07. The van der Waals surface area contributed by atoms with Crippen molar-refractivity contribution in [2.45, 2.75) is 13.1 Å². The number of hydrogen-bond acceptors (Lipinski definition) is 5. The Morgan fingerprint density at radius 3 is 2.13 bits per heavy atom. The van der Waals surface area contributed by atoms with Crippen molar-refractivity contribution in [1.82, 2.24) is 14.8 Å². The van der Waals surface area contributed by atoms with E-state index in [1.807, 2.05) is 23.8 Å². The highest BCUT2D eigenvalue weighted by molar-refractivity contribution is 7.17. The van der Waals surface area contributed by atoms with Gasteiger partial charge in [-0.25, -0.2) is 4.98 Å². The third-order valence-corrected chi connectivity index (χ3v) is 6.95. The topological polar surface area (TPSA) is 53.5 Å². The van der Waals surface area contributed by atoms with Gasteiger partial charge < -0.3 is 9.80 Å². The molecule has 4 rings (SSSR count). The number of aromatic nitrogens is 1. The van der Waals surface area contributed by atoms with Crippen LogP contribution in [0.1, 0.15) is 31.3 Å². The highest BCUT2D eigenvalue weighted by atomic mass is 32.1. The highest BCUT2D eigenvalue weighted by Gasteiger charge is 2.31. The molecule has 0 spiro atoms. The van der Waals surface area contributed by atoms with E-state index in [1.165, 1.54) is 23.5 Å². The van der Waals surface area contributed by atoms with Crippen LogP contribution in [0, 0.1) is 6.92 Å². The quantitative estimate of drug-likeness (QED) is 0.559. The van der Waals surface area contributed by atoms with Gasteiger partial charge in [0.15, 0.2) is 0 Å². The van der Waals surface area contributed by atoms with Crippen LogP contribution in [0.2, 0.25) is 0 Å². The molecular weight excluding hydrogens is 447 g/mol. The molecule has 0 N–H and O–H groups in total. The van der Waals surface area contributed by atoms with Crippen LogP contribution in [-0.2, 0) is 6.18 Å². The lowest BCUT2D eigenvalue weighted by Crippen LogP contribution is -2.50. The lowest BCUT2D eigenvalue weighted by molar-refractivity contribution is -0.137. The van der Waals surface area contributed by atoms with E-state index in [0.29, 0.717) is 36.8 Å². The Morgan fingerprint density at radius 1 is 0.968 bits per heavy atom. The summed E-state index contributed by atoms with van der Waals surface area (Å²) in [5.74, 6) is -0.451. The van der Waals surface area contributed by atoms with Crippen LogP contribution in [0.3, 0.4) is 0 Å². The van der Waals surface area contributed by atoms with Crippen LogP contribution >= 0.6 is 22.7 Å².